The van der Waals surface area contributed by atoms with E-state index in [0.717, 1.165) is 0 Å². The van der Waals surface area contributed by atoms with Crippen molar-refractivity contribution in [2.45, 2.75) is 136 Å². The van der Waals surface area contributed by atoms with E-state index in [9.17, 15) is 0 Å². The third kappa shape index (κ3) is 6.68. The van der Waals surface area contributed by atoms with E-state index in [4.69, 9.17) is 0 Å². The van der Waals surface area contributed by atoms with Crippen molar-refractivity contribution in [1.29, 1.82) is 0 Å². The van der Waals surface area contributed by atoms with Crippen LogP contribution in [-0.4, -0.2) is 0 Å². The molecule has 0 spiro atoms. The number of aryl methyl sites for hydroxylation is 4. The number of hydrogen-bond donors (Lipinski definition) is 0. The molecule has 0 heteroatoms. The van der Waals surface area contributed by atoms with Crippen LogP contribution in [0.15, 0.2) is 36.4 Å². The summed E-state index contributed by atoms with van der Waals surface area (Å²) in [5.74, 6) is 1.23. The first-order valence-corrected chi connectivity index (χ1v) is 15.9. The van der Waals surface area contributed by atoms with Crippen LogP contribution in [0, 0.1) is 0 Å². The van der Waals surface area contributed by atoms with Gasteiger partial charge in [-0.15, -0.1) is 0 Å². The molecule has 2 atom stereocenters. The van der Waals surface area contributed by atoms with Crippen LogP contribution in [0.1, 0.15) is 155 Å². The highest BCUT2D eigenvalue weighted by molar-refractivity contribution is 5.69. The molecule has 2 aliphatic rings. The zero-order chi connectivity index (χ0) is 26.0. The van der Waals surface area contributed by atoms with E-state index >= 15 is 0 Å². The van der Waals surface area contributed by atoms with E-state index in [-0.39, 0.29) is 0 Å². The topological polar surface area (TPSA) is 0 Å². The summed E-state index contributed by atoms with van der Waals surface area (Å²) >= 11 is 0. The first-order chi connectivity index (χ1) is 18.2. The smallest absolute Gasteiger partial charge is 0.00300 e. The van der Waals surface area contributed by atoms with Gasteiger partial charge in [-0.2, -0.15) is 0 Å². The summed E-state index contributed by atoms with van der Waals surface area (Å²) in [4.78, 5) is 0. The lowest BCUT2D eigenvalue weighted by Crippen LogP contribution is -2.05. The lowest BCUT2D eigenvalue weighted by molar-refractivity contribution is 0.605. The van der Waals surface area contributed by atoms with Gasteiger partial charge in [0.05, 0.1) is 0 Å². The monoisotopic (exact) mass is 496 g/mol. The van der Waals surface area contributed by atoms with Crippen molar-refractivity contribution in [3.8, 4) is 0 Å². The minimum Gasteiger partial charge on any atom is -0.0764 e. The Morgan fingerprint density at radius 1 is 0.459 bits per heavy atom. The van der Waals surface area contributed by atoms with Gasteiger partial charge in [-0.1, -0.05) is 108 Å². The first kappa shape index (κ1) is 27.9. The maximum atomic E-state index is 2.55. The Kier molecular flexibility index (Phi) is 10.7. The Morgan fingerprint density at radius 3 is 1.19 bits per heavy atom. The second kappa shape index (κ2) is 14.2. The summed E-state index contributed by atoms with van der Waals surface area (Å²) < 4.78 is 0. The molecule has 0 bridgehead atoms. The Bertz CT molecular complexity index is 980. The van der Waals surface area contributed by atoms with Gasteiger partial charge < -0.3 is 0 Å². The molecule has 0 radical (unpaired) electrons. The second-order valence-electron chi connectivity index (χ2n) is 11.7. The van der Waals surface area contributed by atoms with Crippen LogP contribution < -0.4 is 0 Å². The van der Waals surface area contributed by atoms with Gasteiger partial charge in [0.1, 0.15) is 0 Å². The second-order valence-corrected chi connectivity index (χ2v) is 11.7. The summed E-state index contributed by atoms with van der Waals surface area (Å²) in [5, 5.41) is 0. The number of fused-ring (bicyclic) bond motifs is 2. The molecule has 0 amide bonds. The molecule has 2 aromatic rings. The van der Waals surface area contributed by atoms with Crippen molar-refractivity contribution in [3.63, 3.8) is 0 Å². The van der Waals surface area contributed by atoms with Crippen LogP contribution in [0.4, 0.5) is 0 Å². The van der Waals surface area contributed by atoms with Gasteiger partial charge in [-0.25, -0.2) is 0 Å². The van der Waals surface area contributed by atoms with E-state index in [1.807, 2.05) is 0 Å². The molecular weight excluding hydrogens is 444 g/mol. The van der Waals surface area contributed by atoms with E-state index in [1.54, 1.807) is 44.5 Å². The Morgan fingerprint density at radius 2 is 0.811 bits per heavy atom. The normalized spacial score (nSPS) is 17.5. The number of hydrogen-bond acceptors (Lipinski definition) is 0. The summed E-state index contributed by atoms with van der Waals surface area (Å²) in [6.07, 6.45) is 29.2. The molecule has 0 saturated carbocycles. The average molecular weight is 497 g/mol. The Labute approximate surface area is 228 Å². The van der Waals surface area contributed by atoms with Crippen molar-refractivity contribution in [2.24, 2.45) is 0 Å². The van der Waals surface area contributed by atoms with Crippen molar-refractivity contribution in [1.82, 2.24) is 0 Å². The highest BCUT2D eigenvalue weighted by atomic mass is 14.3. The molecule has 0 N–H and O–H groups in total. The number of benzene rings is 2. The van der Waals surface area contributed by atoms with Crippen LogP contribution in [-0.2, 0) is 25.7 Å². The molecular formula is C37H52. The molecule has 4 rings (SSSR count). The number of rotatable bonds is 16. The van der Waals surface area contributed by atoms with Crippen LogP contribution in [0.25, 0.3) is 12.2 Å². The van der Waals surface area contributed by atoms with E-state index in [2.05, 4.69) is 76.3 Å². The third-order valence-electron chi connectivity index (χ3n) is 8.90. The minimum absolute atomic E-state index is 0.615. The zero-order valence-electron chi connectivity index (χ0n) is 24.4. The summed E-state index contributed by atoms with van der Waals surface area (Å²) in [6.45, 7) is 9.26. The van der Waals surface area contributed by atoms with E-state index in [1.165, 1.54) is 96.3 Å². The van der Waals surface area contributed by atoms with Crippen LogP contribution >= 0.6 is 0 Å². The fourth-order valence-corrected chi connectivity index (χ4v) is 6.72. The zero-order valence-corrected chi connectivity index (χ0v) is 24.4. The first-order valence-electron chi connectivity index (χ1n) is 15.9. The van der Waals surface area contributed by atoms with Crippen molar-refractivity contribution < 1.29 is 0 Å². The molecule has 2 unspecified atom stereocenters. The fourth-order valence-electron chi connectivity index (χ4n) is 6.72. The lowest BCUT2D eigenvalue weighted by atomic mass is 9.84. The minimum atomic E-state index is 0.615. The van der Waals surface area contributed by atoms with Gasteiger partial charge in [0, 0.05) is 11.8 Å². The third-order valence-corrected chi connectivity index (χ3v) is 8.90. The van der Waals surface area contributed by atoms with Crippen LogP contribution in [0.3, 0.4) is 0 Å². The summed E-state index contributed by atoms with van der Waals surface area (Å²) in [6, 6.07) is 9.85. The van der Waals surface area contributed by atoms with E-state index < -0.39 is 0 Å². The Balaban J connectivity index is 1.48. The molecule has 200 valence electrons. The van der Waals surface area contributed by atoms with Gasteiger partial charge in [0.2, 0.25) is 0 Å². The highest BCUT2D eigenvalue weighted by Crippen LogP contribution is 2.42. The molecule has 0 aromatic heterocycles. The molecule has 2 aliphatic carbocycles. The quantitative estimate of drug-likeness (QED) is 0.217. The summed E-state index contributed by atoms with van der Waals surface area (Å²) in [7, 11) is 0. The molecule has 0 fully saturated rings. The van der Waals surface area contributed by atoms with Crippen LogP contribution in [0.2, 0.25) is 0 Å². The Hall–Kier alpha value is -2.08. The van der Waals surface area contributed by atoms with Gasteiger partial charge in [-0.3, -0.25) is 0 Å². The molecule has 0 saturated heterocycles. The van der Waals surface area contributed by atoms with Gasteiger partial charge >= 0.3 is 0 Å². The fraction of sp³-hybridized carbons (Fsp3) is 0.568. The summed E-state index contributed by atoms with van der Waals surface area (Å²) in [5.41, 5.74) is 13.0. The highest BCUT2D eigenvalue weighted by Gasteiger charge is 2.26. The van der Waals surface area contributed by atoms with Crippen molar-refractivity contribution in [2.75, 3.05) is 0 Å². The van der Waals surface area contributed by atoms with E-state index in [0.29, 0.717) is 11.8 Å². The largest absolute Gasteiger partial charge is 0.0764 e. The molecule has 0 aliphatic heterocycles. The number of unbranched alkanes of at least 4 members (excludes halogenated alkanes) is 4. The molecule has 37 heavy (non-hydrogen) atoms. The van der Waals surface area contributed by atoms with Crippen LogP contribution in [0.5, 0.6) is 0 Å². The van der Waals surface area contributed by atoms with Gasteiger partial charge in [0.15, 0.2) is 0 Å². The SMILES string of the molecule is CCCCc1ccc(CCCC)c2c1C=CC2CCCC1C=Cc2c(CCCC)ccc(CCCC)c21. The van der Waals surface area contributed by atoms with Gasteiger partial charge in [0.25, 0.3) is 0 Å². The predicted molar refractivity (Wildman–Crippen MR) is 165 cm³/mol. The average Bonchev–Trinajstić information content (AvgIpc) is 3.54. The lowest BCUT2D eigenvalue weighted by Gasteiger charge is -2.21. The molecule has 0 heterocycles. The standard InChI is InChI=1S/C37H52/c1-5-9-14-28-20-22-30(16-11-7-3)36-32(24-26-34(28)36)18-13-19-33-25-27-35-29(15-10-6-2)21-23-31(37(33)35)17-12-8-4/h20-27,32-33H,5-19H2,1-4H3. The van der Waals surface area contributed by atoms with Crippen molar-refractivity contribution >= 4 is 12.2 Å². The number of allylic oxidation sites excluding steroid dienone is 2. The predicted octanol–water partition coefficient (Wildman–Crippen LogP) is 11.1. The van der Waals surface area contributed by atoms with Crippen molar-refractivity contribution in [3.05, 3.63) is 80.9 Å². The maximum absolute atomic E-state index is 2.55. The molecule has 2 aromatic carbocycles. The molecule has 0 nitrogen and oxygen atoms in total. The maximum Gasteiger partial charge on any atom is 0.00300 e. The van der Waals surface area contributed by atoms with Gasteiger partial charge in [-0.05, 0) is 109 Å².